The number of benzene rings is 7. The van der Waals surface area contributed by atoms with Crippen LogP contribution < -0.4 is 0 Å². The Hall–Kier alpha value is -4.88. The van der Waals surface area contributed by atoms with E-state index in [-0.39, 0.29) is 0 Å². The minimum atomic E-state index is 0.924. The van der Waals surface area contributed by atoms with E-state index in [1.807, 2.05) is 6.07 Å². The van der Waals surface area contributed by atoms with E-state index in [0.29, 0.717) is 0 Å². The smallest absolute Gasteiger partial charge is 0.143 e. The minimum absolute atomic E-state index is 0.924. The first-order valence-corrected chi connectivity index (χ1v) is 13.1. The Morgan fingerprint density at radius 3 is 2.00 bits per heavy atom. The highest BCUT2D eigenvalue weighted by Crippen LogP contribution is 2.46. The lowest BCUT2D eigenvalue weighted by Crippen LogP contribution is -1.92. The maximum Gasteiger partial charge on any atom is 0.143 e. The average molecular weight is 485 g/mol. The fourth-order valence-corrected chi connectivity index (χ4v) is 6.18. The standard InChI is InChI=1S/C37H24O/c1-23-17-20-30-33(21-23)36(32-15-8-14-31-27-11-6-7-16-34(27)38-37(31)32)29-13-5-4-12-28(29)35(30)26-19-18-24-9-2-3-10-25(24)22-26/h2-22H,1H3. The van der Waals surface area contributed by atoms with Gasteiger partial charge in [-0.15, -0.1) is 0 Å². The Labute approximate surface area is 220 Å². The van der Waals surface area contributed by atoms with Gasteiger partial charge in [0.05, 0.1) is 0 Å². The van der Waals surface area contributed by atoms with Gasteiger partial charge in [-0.05, 0) is 62.5 Å². The summed E-state index contributed by atoms with van der Waals surface area (Å²) in [5, 5.41) is 9.82. The van der Waals surface area contributed by atoms with E-state index in [0.717, 1.165) is 27.5 Å². The van der Waals surface area contributed by atoms with Crippen molar-refractivity contribution in [2.45, 2.75) is 6.92 Å². The zero-order valence-electron chi connectivity index (χ0n) is 21.0. The predicted octanol–water partition coefficient (Wildman–Crippen LogP) is 10.7. The number of hydrogen-bond acceptors (Lipinski definition) is 1. The van der Waals surface area contributed by atoms with Crippen LogP contribution >= 0.6 is 0 Å². The van der Waals surface area contributed by atoms with E-state index in [1.165, 1.54) is 54.6 Å². The maximum absolute atomic E-state index is 6.53. The maximum atomic E-state index is 6.53. The molecule has 8 aromatic rings. The van der Waals surface area contributed by atoms with Crippen molar-refractivity contribution < 1.29 is 4.42 Å². The van der Waals surface area contributed by atoms with Gasteiger partial charge >= 0.3 is 0 Å². The van der Waals surface area contributed by atoms with Crippen LogP contribution in [0.2, 0.25) is 0 Å². The van der Waals surface area contributed by atoms with Crippen molar-refractivity contribution in [2.75, 3.05) is 0 Å². The summed E-state index contributed by atoms with van der Waals surface area (Å²) in [6, 6.07) is 46.0. The first-order chi connectivity index (χ1) is 18.8. The second-order valence-electron chi connectivity index (χ2n) is 10.2. The molecule has 0 N–H and O–H groups in total. The first-order valence-electron chi connectivity index (χ1n) is 13.1. The third-order valence-corrected chi connectivity index (χ3v) is 7.89. The van der Waals surface area contributed by atoms with Gasteiger partial charge < -0.3 is 4.42 Å². The fraction of sp³-hybridized carbons (Fsp3) is 0.0270. The normalized spacial score (nSPS) is 11.8. The summed E-state index contributed by atoms with van der Waals surface area (Å²) in [5.41, 5.74) is 8.00. The number of para-hydroxylation sites is 2. The van der Waals surface area contributed by atoms with E-state index in [1.54, 1.807) is 0 Å². The molecule has 38 heavy (non-hydrogen) atoms. The predicted molar refractivity (Wildman–Crippen MR) is 162 cm³/mol. The van der Waals surface area contributed by atoms with Crippen molar-refractivity contribution in [2.24, 2.45) is 0 Å². The summed E-state index contributed by atoms with van der Waals surface area (Å²) in [4.78, 5) is 0. The molecule has 1 nitrogen and oxygen atoms in total. The van der Waals surface area contributed by atoms with Crippen molar-refractivity contribution in [3.8, 4) is 22.3 Å². The van der Waals surface area contributed by atoms with Crippen LogP contribution in [0, 0.1) is 6.92 Å². The first kappa shape index (κ1) is 21.2. The Balaban J connectivity index is 1.55. The summed E-state index contributed by atoms with van der Waals surface area (Å²) in [5.74, 6) is 0. The highest BCUT2D eigenvalue weighted by molar-refractivity contribution is 6.24. The van der Waals surface area contributed by atoms with Gasteiger partial charge in [0.1, 0.15) is 11.2 Å². The van der Waals surface area contributed by atoms with Crippen molar-refractivity contribution in [1.82, 2.24) is 0 Å². The van der Waals surface area contributed by atoms with Gasteiger partial charge in [0.15, 0.2) is 0 Å². The molecule has 1 heteroatoms. The van der Waals surface area contributed by atoms with Crippen molar-refractivity contribution in [3.05, 3.63) is 133 Å². The molecule has 0 radical (unpaired) electrons. The molecule has 0 aliphatic carbocycles. The monoisotopic (exact) mass is 484 g/mol. The Morgan fingerprint density at radius 2 is 1.13 bits per heavy atom. The van der Waals surface area contributed by atoms with E-state index in [9.17, 15) is 0 Å². The molecule has 1 heterocycles. The van der Waals surface area contributed by atoms with Gasteiger partial charge in [0.2, 0.25) is 0 Å². The topological polar surface area (TPSA) is 13.1 Å². The summed E-state index contributed by atoms with van der Waals surface area (Å²) in [6.07, 6.45) is 0. The van der Waals surface area contributed by atoms with Gasteiger partial charge in [-0.25, -0.2) is 0 Å². The second kappa shape index (κ2) is 8.06. The van der Waals surface area contributed by atoms with Gasteiger partial charge in [0, 0.05) is 21.9 Å². The summed E-state index contributed by atoms with van der Waals surface area (Å²) in [6.45, 7) is 2.18. The van der Waals surface area contributed by atoms with E-state index in [2.05, 4.69) is 128 Å². The fourth-order valence-electron chi connectivity index (χ4n) is 6.18. The van der Waals surface area contributed by atoms with Crippen molar-refractivity contribution in [1.29, 1.82) is 0 Å². The van der Waals surface area contributed by atoms with Gasteiger partial charge in [-0.1, -0.05) is 121 Å². The number of furan rings is 1. The minimum Gasteiger partial charge on any atom is -0.455 e. The van der Waals surface area contributed by atoms with E-state index < -0.39 is 0 Å². The Morgan fingerprint density at radius 1 is 0.447 bits per heavy atom. The zero-order valence-corrected chi connectivity index (χ0v) is 21.0. The molecule has 0 unspecified atom stereocenters. The zero-order chi connectivity index (χ0) is 25.2. The molecule has 0 bridgehead atoms. The Kier molecular flexibility index (Phi) is 4.50. The Bertz CT molecular complexity index is 2200. The molecule has 0 aliphatic rings. The van der Waals surface area contributed by atoms with Crippen LogP contribution in [-0.2, 0) is 0 Å². The molecule has 8 rings (SSSR count). The van der Waals surface area contributed by atoms with Crippen LogP contribution in [0.1, 0.15) is 5.56 Å². The third-order valence-electron chi connectivity index (χ3n) is 7.89. The molecular formula is C37H24O. The van der Waals surface area contributed by atoms with E-state index in [4.69, 9.17) is 4.42 Å². The molecule has 178 valence electrons. The SMILES string of the molecule is Cc1ccc2c(-c3ccc4ccccc4c3)c3ccccc3c(-c3cccc4c3oc3ccccc34)c2c1. The molecule has 7 aromatic carbocycles. The molecule has 0 saturated heterocycles. The number of hydrogen-bond donors (Lipinski definition) is 0. The van der Waals surface area contributed by atoms with Gasteiger partial charge in [-0.2, -0.15) is 0 Å². The molecule has 0 saturated carbocycles. The number of rotatable bonds is 2. The highest BCUT2D eigenvalue weighted by atomic mass is 16.3. The van der Waals surface area contributed by atoms with Crippen LogP contribution in [0.3, 0.4) is 0 Å². The summed E-state index contributed by atoms with van der Waals surface area (Å²) >= 11 is 0. The van der Waals surface area contributed by atoms with Crippen LogP contribution in [0.4, 0.5) is 0 Å². The molecule has 1 aromatic heterocycles. The lowest BCUT2D eigenvalue weighted by Gasteiger charge is -2.18. The quantitative estimate of drug-likeness (QED) is 0.222. The van der Waals surface area contributed by atoms with Crippen LogP contribution in [0.5, 0.6) is 0 Å². The lowest BCUT2D eigenvalue weighted by atomic mass is 9.84. The van der Waals surface area contributed by atoms with Gasteiger partial charge in [0.25, 0.3) is 0 Å². The van der Waals surface area contributed by atoms with Crippen molar-refractivity contribution >= 4 is 54.3 Å². The molecule has 0 amide bonds. The largest absolute Gasteiger partial charge is 0.455 e. The van der Waals surface area contributed by atoms with E-state index >= 15 is 0 Å². The molecule has 0 fully saturated rings. The van der Waals surface area contributed by atoms with Crippen molar-refractivity contribution in [3.63, 3.8) is 0 Å². The average Bonchev–Trinajstić information content (AvgIpc) is 3.35. The number of aryl methyl sites for hydroxylation is 1. The lowest BCUT2D eigenvalue weighted by molar-refractivity contribution is 0.670. The van der Waals surface area contributed by atoms with Gasteiger partial charge in [-0.3, -0.25) is 0 Å². The number of fused-ring (bicyclic) bond motifs is 6. The van der Waals surface area contributed by atoms with Crippen LogP contribution in [-0.4, -0.2) is 0 Å². The molecular weight excluding hydrogens is 460 g/mol. The molecule has 0 spiro atoms. The molecule has 0 atom stereocenters. The molecule has 0 aliphatic heterocycles. The second-order valence-corrected chi connectivity index (χ2v) is 10.2. The van der Waals surface area contributed by atoms with Crippen LogP contribution in [0.25, 0.3) is 76.5 Å². The summed E-state index contributed by atoms with van der Waals surface area (Å²) in [7, 11) is 0. The highest BCUT2D eigenvalue weighted by Gasteiger charge is 2.20. The third kappa shape index (κ3) is 3.06. The summed E-state index contributed by atoms with van der Waals surface area (Å²) < 4.78 is 6.53. The van der Waals surface area contributed by atoms with Crippen LogP contribution in [0.15, 0.2) is 132 Å².